The Hall–Kier alpha value is -2.66. The van der Waals surface area contributed by atoms with Gasteiger partial charge in [0.1, 0.15) is 0 Å². The summed E-state index contributed by atoms with van der Waals surface area (Å²) in [5.74, 6) is -0.106. The van der Waals surface area contributed by atoms with Crippen LogP contribution in [-0.4, -0.2) is 37.1 Å². The molecule has 1 saturated carbocycles. The Bertz CT molecular complexity index is 866. The predicted molar refractivity (Wildman–Crippen MR) is 108 cm³/mol. The molecule has 5 heteroatoms. The van der Waals surface area contributed by atoms with Gasteiger partial charge in [-0.2, -0.15) is 0 Å². The number of hydrogen-bond acceptors (Lipinski definition) is 3. The zero-order chi connectivity index (χ0) is 19.5. The van der Waals surface area contributed by atoms with E-state index < -0.39 is 0 Å². The second kappa shape index (κ2) is 8.15. The number of ether oxygens (including phenoxy) is 1. The van der Waals surface area contributed by atoms with Crippen molar-refractivity contribution in [3.63, 3.8) is 0 Å². The number of carbonyl (C=O) groups excluding carboxylic acids is 2. The van der Waals surface area contributed by atoms with E-state index in [0.717, 1.165) is 49.0 Å². The Kier molecular flexibility index (Phi) is 5.44. The monoisotopic (exact) mass is 378 g/mol. The summed E-state index contributed by atoms with van der Waals surface area (Å²) < 4.78 is 5.54. The summed E-state index contributed by atoms with van der Waals surface area (Å²) >= 11 is 0. The second-order valence-electron chi connectivity index (χ2n) is 7.70. The fourth-order valence-corrected chi connectivity index (χ4v) is 3.49. The minimum absolute atomic E-state index is 0.0196. The van der Waals surface area contributed by atoms with Crippen molar-refractivity contribution in [1.82, 2.24) is 10.6 Å². The third-order valence-corrected chi connectivity index (χ3v) is 5.38. The van der Waals surface area contributed by atoms with E-state index in [9.17, 15) is 9.59 Å². The van der Waals surface area contributed by atoms with Crippen LogP contribution in [0.5, 0.6) is 0 Å². The molecular weight excluding hydrogens is 352 g/mol. The molecule has 4 rings (SSSR count). The summed E-state index contributed by atoms with van der Waals surface area (Å²) in [6.07, 6.45) is 4.34. The Labute approximate surface area is 165 Å². The largest absolute Gasteiger partial charge is 0.376 e. The van der Waals surface area contributed by atoms with Crippen LogP contribution < -0.4 is 10.6 Å². The summed E-state index contributed by atoms with van der Waals surface area (Å²) in [4.78, 5) is 24.7. The zero-order valence-electron chi connectivity index (χ0n) is 16.2. The second-order valence-corrected chi connectivity index (χ2v) is 7.70. The highest BCUT2D eigenvalue weighted by Crippen LogP contribution is 2.26. The van der Waals surface area contributed by atoms with Crippen LogP contribution in [0, 0.1) is 6.92 Å². The fraction of sp³-hybridized carbons (Fsp3) is 0.391. The first kappa shape index (κ1) is 18.7. The van der Waals surface area contributed by atoms with E-state index in [1.807, 2.05) is 49.4 Å². The Morgan fingerprint density at radius 3 is 2.43 bits per heavy atom. The molecule has 1 heterocycles. The molecule has 1 aliphatic heterocycles. The third-order valence-electron chi connectivity index (χ3n) is 5.38. The Morgan fingerprint density at radius 1 is 1.00 bits per heavy atom. The predicted octanol–water partition coefficient (Wildman–Crippen LogP) is 3.46. The van der Waals surface area contributed by atoms with Crippen molar-refractivity contribution in [3.05, 3.63) is 59.2 Å². The van der Waals surface area contributed by atoms with Crippen LogP contribution in [0.3, 0.4) is 0 Å². The van der Waals surface area contributed by atoms with Crippen LogP contribution in [0.25, 0.3) is 11.1 Å². The van der Waals surface area contributed by atoms with Crippen molar-refractivity contribution >= 4 is 11.8 Å². The minimum Gasteiger partial charge on any atom is -0.376 e. The fourth-order valence-electron chi connectivity index (χ4n) is 3.49. The molecule has 1 aliphatic carbocycles. The molecule has 1 atom stereocenters. The van der Waals surface area contributed by atoms with Crippen molar-refractivity contribution in [2.75, 3.05) is 13.2 Å². The van der Waals surface area contributed by atoms with E-state index in [-0.39, 0.29) is 17.9 Å². The molecule has 2 fully saturated rings. The molecule has 146 valence electrons. The number of rotatable bonds is 6. The molecule has 5 nitrogen and oxygen atoms in total. The summed E-state index contributed by atoms with van der Waals surface area (Å²) in [6.45, 7) is 3.37. The van der Waals surface area contributed by atoms with Gasteiger partial charge in [-0.1, -0.05) is 18.2 Å². The summed E-state index contributed by atoms with van der Waals surface area (Å²) in [5.41, 5.74) is 4.40. The van der Waals surface area contributed by atoms with Gasteiger partial charge in [0.25, 0.3) is 11.8 Å². The van der Waals surface area contributed by atoms with Gasteiger partial charge >= 0.3 is 0 Å². The van der Waals surface area contributed by atoms with E-state index >= 15 is 0 Å². The lowest BCUT2D eigenvalue weighted by Gasteiger charge is -2.12. The number of nitrogens with one attached hydrogen (secondary N) is 2. The van der Waals surface area contributed by atoms with Crippen molar-refractivity contribution in [2.24, 2.45) is 0 Å². The molecule has 2 N–H and O–H groups in total. The van der Waals surface area contributed by atoms with Gasteiger partial charge in [0.2, 0.25) is 0 Å². The third kappa shape index (κ3) is 4.42. The van der Waals surface area contributed by atoms with E-state index in [2.05, 4.69) is 10.6 Å². The van der Waals surface area contributed by atoms with Gasteiger partial charge in [-0.05, 0) is 73.6 Å². The molecule has 2 aromatic carbocycles. The van der Waals surface area contributed by atoms with Crippen molar-refractivity contribution in [2.45, 2.75) is 44.8 Å². The molecule has 28 heavy (non-hydrogen) atoms. The molecule has 0 spiro atoms. The lowest BCUT2D eigenvalue weighted by atomic mass is 9.97. The van der Waals surface area contributed by atoms with Crippen LogP contribution in [0.2, 0.25) is 0 Å². The Morgan fingerprint density at radius 2 is 1.75 bits per heavy atom. The van der Waals surface area contributed by atoms with Gasteiger partial charge in [-0.25, -0.2) is 0 Å². The topological polar surface area (TPSA) is 67.4 Å². The molecule has 1 unspecified atom stereocenters. The van der Waals surface area contributed by atoms with Crippen LogP contribution in [0.15, 0.2) is 42.5 Å². The summed E-state index contributed by atoms with van der Waals surface area (Å²) in [6, 6.07) is 13.6. The van der Waals surface area contributed by atoms with Gasteiger partial charge in [-0.3, -0.25) is 9.59 Å². The molecule has 1 saturated heterocycles. The van der Waals surface area contributed by atoms with Gasteiger partial charge in [0.15, 0.2) is 0 Å². The average molecular weight is 378 g/mol. The highest BCUT2D eigenvalue weighted by molar-refractivity contribution is 5.97. The smallest absolute Gasteiger partial charge is 0.251 e. The summed E-state index contributed by atoms with van der Waals surface area (Å²) in [5, 5.41) is 5.97. The normalized spacial score (nSPS) is 18.7. The first-order chi connectivity index (χ1) is 13.6. The molecule has 0 aromatic heterocycles. The number of amides is 2. The van der Waals surface area contributed by atoms with Crippen LogP contribution >= 0.6 is 0 Å². The summed E-state index contributed by atoms with van der Waals surface area (Å²) in [7, 11) is 0. The quantitative estimate of drug-likeness (QED) is 0.809. The average Bonchev–Trinajstić information content (AvgIpc) is 3.37. The van der Waals surface area contributed by atoms with Crippen LogP contribution in [0.1, 0.15) is 52.0 Å². The Balaban J connectivity index is 1.45. The molecule has 2 amide bonds. The van der Waals surface area contributed by atoms with E-state index in [0.29, 0.717) is 23.7 Å². The van der Waals surface area contributed by atoms with Crippen molar-refractivity contribution < 1.29 is 14.3 Å². The molecule has 2 aromatic rings. The first-order valence-corrected chi connectivity index (χ1v) is 10.0. The highest BCUT2D eigenvalue weighted by Gasteiger charge is 2.24. The SMILES string of the molecule is Cc1ccc(C(=O)NC2CC2)cc1-c1ccc(C(=O)NCC2CCCO2)cc1. The zero-order valence-corrected chi connectivity index (χ0v) is 16.2. The standard InChI is InChI=1S/C23H26N2O3/c1-15-4-5-18(23(27)25-19-10-11-19)13-21(15)16-6-8-17(9-7-16)22(26)24-14-20-3-2-12-28-20/h4-9,13,19-20H,2-3,10-12,14H2,1H3,(H,24,26)(H,25,27). The van der Waals surface area contributed by atoms with Crippen molar-refractivity contribution in [3.8, 4) is 11.1 Å². The van der Waals surface area contributed by atoms with Gasteiger partial charge in [0, 0.05) is 30.3 Å². The maximum Gasteiger partial charge on any atom is 0.251 e. The maximum absolute atomic E-state index is 12.3. The lowest BCUT2D eigenvalue weighted by Crippen LogP contribution is -2.31. The van der Waals surface area contributed by atoms with Crippen LogP contribution in [-0.2, 0) is 4.74 Å². The first-order valence-electron chi connectivity index (χ1n) is 10.0. The number of carbonyl (C=O) groups is 2. The number of benzene rings is 2. The van der Waals surface area contributed by atoms with E-state index in [1.54, 1.807) is 0 Å². The number of aryl methyl sites for hydroxylation is 1. The van der Waals surface area contributed by atoms with Gasteiger partial charge in [0.05, 0.1) is 6.10 Å². The number of hydrogen-bond donors (Lipinski definition) is 2. The van der Waals surface area contributed by atoms with Gasteiger partial charge in [-0.15, -0.1) is 0 Å². The van der Waals surface area contributed by atoms with Gasteiger partial charge < -0.3 is 15.4 Å². The van der Waals surface area contributed by atoms with E-state index in [4.69, 9.17) is 4.74 Å². The highest BCUT2D eigenvalue weighted by atomic mass is 16.5. The molecular formula is C23H26N2O3. The minimum atomic E-state index is -0.0867. The van der Waals surface area contributed by atoms with Crippen LogP contribution in [0.4, 0.5) is 0 Å². The molecule has 0 bridgehead atoms. The van der Waals surface area contributed by atoms with Crippen molar-refractivity contribution in [1.29, 1.82) is 0 Å². The van der Waals surface area contributed by atoms with E-state index in [1.165, 1.54) is 0 Å². The maximum atomic E-state index is 12.3. The lowest BCUT2D eigenvalue weighted by molar-refractivity contribution is 0.0857. The molecule has 2 aliphatic rings. The molecule has 0 radical (unpaired) electrons.